The molecule has 2 heteroatoms. The van der Waals surface area contributed by atoms with Gasteiger partial charge in [-0.1, -0.05) is 39.5 Å². The highest BCUT2D eigenvalue weighted by Gasteiger charge is 2.21. The molecule has 0 aromatic heterocycles. The van der Waals surface area contributed by atoms with Crippen molar-refractivity contribution in [1.29, 1.82) is 0 Å². The van der Waals surface area contributed by atoms with Crippen molar-refractivity contribution in [3.05, 3.63) is 0 Å². The third-order valence-electron chi connectivity index (χ3n) is 4.00. The molecule has 1 rings (SSSR count). The van der Waals surface area contributed by atoms with Crippen LogP contribution < -0.4 is 5.32 Å². The number of nitrogens with one attached hydrogen (secondary N) is 1. The van der Waals surface area contributed by atoms with Gasteiger partial charge in [0.05, 0.1) is 0 Å². The van der Waals surface area contributed by atoms with Gasteiger partial charge in [0.25, 0.3) is 0 Å². The molecule has 0 spiro atoms. The summed E-state index contributed by atoms with van der Waals surface area (Å²) in [5.41, 5.74) is 0. The van der Waals surface area contributed by atoms with Crippen LogP contribution in [0.2, 0.25) is 0 Å². The Kier molecular flexibility index (Phi) is 7.06. The normalized spacial score (nSPS) is 20.2. The van der Waals surface area contributed by atoms with Crippen molar-refractivity contribution in [2.24, 2.45) is 0 Å². The summed E-state index contributed by atoms with van der Waals surface area (Å²) in [6, 6.07) is 1.55. The molecule has 0 aromatic carbocycles. The van der Waals surface area contributed by atoms with Crippen molar-refractivity contribution < 1.29 is 0 Å². The predicted molar refractivity (Wildman–Crippen MR) is 71.9 cm³/mol. The SMILES string of the molecule is CCCC(CN(CC)C1CCCCC1)NC. The second kappa shape index (κ2) is 8.08. The molecule has 1 unspecified atom stereocenters. The summed E-state index contributed by atoms with van der Waals surface area (Å²) < 4.78 is 0. The fraction of sp³-hybridized carbons (Fsp3) is 1.00. The highest BCUT2D eigenvalue weighted by molar-refractivity contribution is 4.79. The summed E-state index contributed by atoms with van der Waals surface area (Å²) in [4.78, 5) is 2.70. The molecule has 0 aliphatic heterocycles. The molecule has 0 amide bonds. The first-order valence-corrected chi connectivity index (χ1v) is 7.23. The lowest BCUT2D eigenvalue weighted by molar-refractivity contribution is 0.147. The smallest absolute Gasteiger partial charge is 0.0192 e. The maximum absolute atomic E-state index is 3.47. The van der Waals surface area contributed by atoms with Crippen LogP contribution in [0.3, 0.4) is 0 Å². The minimum Gasteiger partial charge on any atom is -0.316 e. The lowest BCUT2D eigenvalue weighted by atomic mass is 9.93. The fourth-order valence-corrected chi connectivity index (χ4v) is 2.94. The van der Waals surface area contributed by atoms with E-state index < -0.39 is 0 Å². The fourth-order valence-electron chi connectivity index (χ4n) is 2.94. The summed E-state index contributed by atoms with van der Waals surface area (Å²) in [6.07, 6.45) is 9.79. The zero-order valence-corrected chi connectivity index (χ0v) is 11.5. The van der Waals surface area contributed by atoms with Gasteiger partial charge in [-0.25, -0.2) is 0 Å². The Morgan fingerprint density at radius 1 is 1.19 bits per heavy atom. The number of nitrogens with zero attached hydrogens (tertiary/aromatic N) is 1. The highest BCUT2D eigenvalue weighted by Crippen LogP contribution is 2.22. The summed E-state index contributed by atoms with van der Waals surface area (Å²) in [7, 11) is 2.11. The molecular formula is C14H30N2. The van der Waals surface area contributed by atoms with Crippen LogP contribution in [0.15, 0.2) is 0 Å². The average molecular weight is 226 g/mol. The van der Waals surface area contributed by atoms with E-state index in [0.717, 1.165) is 6.04 Å². The predicted octanol–water partition coefficient (Wildman–Crippen LogP) is 3.03. The van der Waals surface area contributed by atoms with Crippen molar-refractivity contribution >= 4 is 0 Å². The minimum absolute atomic E-state index is 0.687. The zero-order valence-electron chi connectivity index (χ0n) is 11.5. The quantitative estimate of drug-likeness (QED) is 0.718. The third-order valence-corrected chi connectivity index (χ3v) is 4.00. The Balaban J connectivity index is 2.39. The zero-order chi connectivity index (χ0) is 11.8. The molecular weight excluding hydrogens is 196 g/mol. The molecule has 96 valence electrons. The van der Waals surface area contributed by atoms with E-state index in [1.807, 2.05) is 0 Å². The summed E-state index contributed by atoms with van der Waals surface area (Å²) in [5, 5.41) is 3.47. The van der Waals surface area contributed by atoms with Gasteiger partial charge in [0, 0.05) is 18.6 Å². The van der Waals surface area contributed by atoms with E-state index >= 15 is 0 Å². The van der Waals surface area contributed by atoms with Gasteiger partial charge >= 0.3 is 0 Å². The molecule has 1 N–H and O–H groups in total. The standard InChI is InChI=1S/C14H30N2/c1-4-9-13(15-3)12-16(5-2)14-10-7-6-8-11-14/h13-15H,4-12H2,1-3H3. The van der Waals surface area contributed by atoms with Crippen LogP contribution in [0.4, 0.5) is 0 Å². The first-order chi connectivity index (χ1) is 7.81. The van der Waals surface area contributed by atoms with Crippen molar-refractivity contribution in [2.75, 3.05) is 20.1 Å². The van der Waals surface area contributed by atoms with Gasteiger partial charge in [-0.15, -0.1) is 0 Å². The van der Waals surface area contributed by atoms with Crippen LogP contribution >= 0.6 is 0 Å². The molecule has 0 heterocycles. The number of hydrogen-bond acceptors (Lipinski definition) is 2. The van der Waals surface area contributed by atoms with Crippen LogP contribution in [0.25, 0.3) is 0 Å². The first kappa shape index (κ1) is 14.0. The van der Waals surface area contributed by atoms with Crippen LogP contribution in [0, 0.1) is 0 Å². The Morgan fingerprint density at radius 3 is 2.38 bits per heavy atom. The van der Waals surface area contributed by atoms with Gasteiger partial charge in [-0.05, 0) is 32.9 Å². The third kappa shape index (κ3) is 4.42. The Bertz CT molecular complexity index is 164. The largest absolute Gasteiger partial charge is 0.316 e. The van der Waals surface area contributed by atoms with E-state index in [9.17, 15) is 0 Å². The molecule has 0 saturated heterocycles. The lowest BCUT2D eigenvalue weighted by Crippen LogP contribution is -2.45. The van der Waals surface area contributed by atoms with Gasteiger partial charge < -0.3 is 5.32 Å². The van der Waals surface area contributed by atoms with Crippen molar-refractivity contribution in [1.82, 2.24) is 10.2 Å². The summed E-state index contributed by atoms with van der Waals surface area (Å²) >= 11 is 0. The molecule has 1 saturated carbocycles. The molecule has 1 fully saturated rings. The van der Waals surface area contributed by atoms with Crippen LogP contribution in [-0.2, 0) is 0 Å². The first-order valence-electron chi connectivity index (χ1n) is 7.23. The molecule has 0 aromatic rings. The number of likely N-dealkylation sites (N-methyl/N-ethyl adjacent to an activating group) is 2. The van der Waals surface area contributed by atoms with Crippen molar-refractivity contribution in [3.63, 3.8) is 0 Å². The Hall–Kier alpha value is -0.0800. The summed E-state index contributed by atoms with van der Waals surface area (Å²) in [6.45, 7) is 7.05. The van der Waals surface area contributed by atoms with Crippen molar-refractivity contribution in [3.8, 4) is 0 Å². The molecule has 2 nitrogen and oxygen atoms in total. The van der Waals surface area contributed by atoms with E-state index in [4.69, 9.17) is 0 Å². The molecule has 0 radical (unpaired) electrons. The van der Waals surface area contributed by atoms with Gasteiger partial charge in [0.15, 0.2) is 0 Å². The van der Waals surface area contributed by atoms with Gasteiger partial charge in [-0.2, -0.15) is 0 Å². The van der Waals surface area contributed by atoms with Crippen LogP contribution in [0.1, 0.15) is 58.8 Å². The molecule has 0 bridgehead atoms. The van der Waals surface area contributed by atoms with Gasteiger partial charge in [-0.3, -0.25) is 4.90 Å². The van der Waals surface area contributed by atoms with E-state index in [2.05, 4.69) is 31.1 Å². The molecule has 1 aliphatic rings. The van der Waals surface area contributed by atoms with Gasteiger partial charge in [0.1, 0.15) is 0 Å². The van der Waals surface area contributed by atoms with E-state index in [0.29, 0.717) is 6.04 Å². The van der Waals surface area contributed by atoms with Crippen LogP contribution in [0.5, 0.6) is 0 Å². The topological polar surface area (TPSA) is 15.3 Å². The maximum Gasteiger partial charge on any atom is 0.0192 e. The number of hydrogen-bond donors (Lipinski definition) is 1. The highest BCUT2D eigenvalue weighted by atomic mass is 15.2. The second-order valence-corrected chi connectivity index (χ2v) is 5.15. The van der Waals surface area contributed by atoms with Crippen molar-refractivity contribution in [2.45, 2.75) is 70.9 Å². The van der Waals surface area contributed by atoms with Gasteiger partial charge in [0.2, 0.25) is 0 Å². The number of rotatable bonds is 7. The Labute approximate surface area is 102 Å². The Morgan fingerprint density at radius 2 is 1.88 bits per heavy atom. The summed E-state index contributed by atoms with van der Waals surface area (Å²) in [5.74, 6) is 0. The maximum atomic E-state index is 3.47. The monoisotopic (exact) mass is 226 g/mol. The average Bonchev–Trinajstić information content (AvgIpc) is 2.35. The lowest BCUT2D eigenvalue weighted by Gasteiger charge is -2.35. The second-order valence-electron chi connectivity index (χ2n) is 5.15. The van der Waals surface area contributed by atoms with Crippen LogP contribution in [-0.4, -0.2) is 37.1 Å². The van der Waals surface area contributed by atoms with E-state index in [-0.39, 0.29) is 0 Å². The van der Waals surface area contributed by atoms with E-state index in [1.54, 1.807) is 0 Å². The molecule has 1 atom stereocenters. The minimum atomic E-state index is 0.687. The van der Waals surface area contributed by atoms with E-state index in [1.165, 1.54) is 58.0 Å². The molecule has 1 aliphatic carbocycles. The molecule has 16 heavy (non-hydrogen) atoms.